The second-order valence-electron chi connectivity index (χ2n) is 13.0. The number of thioether (sulfide) groups is 1. The summed E-state index contributed by atoms with van der Waals surface area (Å²) >= 11 is 16.0. The molecule has 1 fully saturated rings. The largest absolute Gasteiger partial charge is 0.493 e. The van der Waals surface area contributed by atoms with E-state index in [1.807, 2.05) is 24.3 Å². The molecule has 3 aliphatic rings. The SMILES string of the molecule is COc1cc(/C=C2\SC(=Nc3cc4c5c(c3)[C@@H](c3ccccc3)CCN5CC[C@@H]4c3ccccc3)NC2=O)cc(I)c1OCc1ccc(Cl)cc1Cl. The maximum Gasteiger partial charge on any atom is 0.264 e. The van der Waals surface area contributed by atoms with Crippen molar-refractivity contribution >= 4 is 86.1 Å². The standard InChI is InChI=1S/C42H34Cl2IN3O3S/c1-50-37-19-25(18-36(45)40(37)51-24-28-12-13-29(43)21-35(28)44)20-38-41(49)47-42(52-38)46-30-22-33-31(26-8-4-2-5-9-26)14-16-48-17-15-32(34(23-30)39(33)48)27-10-6-3-7-11-27/h2-13,18-23,31-32H,14-17,24H2,1H3,(H,46,47,49)/b38-20-/t31-,32-/m1/s1. The number of hydrogen-bond acceptors (Lipinski definition) is 6. The molecule has 1 saturated heterocycles. The van der Waals surface area contributed by atoms with E-state index in [2.05, 4.69) is 106 Å². The lowest BCUT2D eigenvalue weighted by molar-refractivity contribution is -0.115. The first-order chi connectivity index (χ1) is 25.3. The third-order valence-electron chi connectivity index (χ3n) is 9.82. The average Bonchev–Trinajstić information content (AvgIpc) is 3.49. The number of nitrogens with one attached hydrogen (secondary N) is 1. The summed E-state index contributed by atoms with van der Waals surface area (Å²) in [5.74, 6) is 1.51. The molecule has 6 nitrogen and oxygen atoms in total. The van der Waals surface area contributed by atoms with Gasteiger partial charge in [0.15, 0.2) is 16.7 Å². The van der Waals surface area contributed by atoms with Crippen LogP contribution in [0.1, 0.15) is 58.1 Å². The summed E-state index contributed by atoms with van der Waals surface area (Å²) in [5, 5.41) is 4.68. The van der Waals surface area contributed by atoms with E-state index < -0.39 is 0 Å². The first-order valence-corrected chi connectivity index (χ1v) is 19.8. The minimum atomic E-state index is -0.190. The molecule has 0 spiro atoms. The van der Waals surface area contributed by atoms with Gasteiger partial charge in [-0.15, -0.1) is 0 Å². The number of anilines is 1. The van der Waals surface area contributed by atoms with Crippen molar-refractivity contribution < 1.29 is 14.3 Å². The minimum absolute atomic E-state index is 0.190. The quantitative estimate of drug-likeness (QED) is 0.124. The molecule has 3 aliphatic heterocycles. The van der Waals surface area contributed by atoms with E-state index in [1.165, 1.54) is 39.7 Å². The van der Waals surface area contributed by atoms with Gasteiger partial charge in [0.1, 0.15) is 6.61 Å². The van der Waals surface area contributed by atoms with Gasteiger partial charge in [0.2, 0.25) is 0 Å². The molecule has 5 aromatic carbocycles. The number of methoxy groups -OCH3 is 1. The molecular weight excluding hydrogens is 824 g/mol. The Bertz CT molecular complexity index is 2160. The summed E-state index contributed by atoms with van der Waals surface area (Å²) in [5.41, 5.74) is 9.08. The lowest BCUT2D eigenvalue weighted by Gasteiger charge is -2.43. The molecule has 0 aliphatic carbocycles. The molecule has 52 heavy (non-hydrogen) atoms. The van der Waals surface area contributed by atoms with Crippen LogP contribution in [-0.4, -0.2) is 31.3 Å². The summed E-state index contributed by atoms with van der Waals surface area (Å²) in [6.07, 6.45) is 3.95. The maximum atomic E-state index is 13.3. The molecule has 1 amide bonds. The van der Waals surface area contributed by atoms with Crippen LogP contribution in [-0.2, 0) is 11.4 Å². The molecule has 0 aromatic heterocycles. The fraction of sp³-hybridized carbons (Fsp3) is 0.190. The number of amidine groups is 1. The van der Waals surface area contributed by atoms with Gasteiger partial charge in [-0.25, -0.2) is 4.99 Å². The van der Waals surface area contributed by atoms with Crippen molar-refractivity contribution in [3.63, 3.8) is 0 Å². The lowest BCUT2D eigenvalue weighted by atomic mass is 9.76. The Morgan fingerprint density at radius 1 is 0.904 bits per heavy atom. The zero-order valence-electron chi connectivity index (χ0n) is 28.2. The second kappa shape index (κ2) is 15.2. The van der Waals surface area contributed by atoms with Gasteiger partial charge >= 0.3 is 0 Å². The Morgan fingerprint density at radius 2 is 1.56 bits per heavy atom. The minimum Gasteiger partial charge on any atom is -0.493 e. The van der Waals surface area contributed by atoms with Crippen LogP contribution in [0, 0.1) is 3.57 Å². The highest BCUT2D eigenvalue weighted by Crippen LogP contribution is 2.50. The number of benzene rings is 5. The number of hydrogen-bond donors (Lipinski definition) is 1. The molecule has 0 saturated carbocycles. The van der Waals surface area contributed by atoms with Crippen LogP contribution in [0.25, 0.3) is 6.08 Å². The fourth-order valence-electron chi connectivity index (χ4n) is 7.41. The van der Waals surface area contributed by atoms with Gasteiger partial charge in [-0.05, 0) is 117 Å². The Balaban J connectivity index is 1.10. The number of aliphatic imine (C=N–C) groups is 1. The maximum absolute atomic E-state index is 13.3. The second-order valence-corrected chi connectivity index (χ2v) is 16.0. The van der Waals surface area contributed by atoms with E-state index in [-0.39, 0.29) is 24.3 Å². The number of halogens is 3. The summed E-state index contributed by atoms with van der Waals surface area (Å²) in [7, 11) is 1.60. The van der Waals surface area contributed by atoms with Gasteiger partial charge in [-0.3, -0.25) is 4.79 Å². The molecule has 0 unspecified atom stereocenters. The van der Waals surface area contributed by atoms with Crippen LogP contribution in [0.5, 0.6) is 11.5 Å². The van der Waals surface area contributed by atoms with Crippen LogP contribution in [0.3, 0.4) is 0 Å². The third kappa shape index (κ3) is 7.18. The topological polar surface area (TPSA) is 63.2 Å². The Kier molecular flexibility index (Phi) is 10.2. The van der Waals surface area contributed by atoms with Crippen LogP contribution in [0.15, 0.2) is 113 Å². The molecule has 0 bridgehead atoms. The summed E-state index contributed by atoms with van der Waals surface area (Å²) in [6, 6.07) is 35.2. The molecule has 10 heteroatoms. The third-order valence-corrected chi connectivity index (χ3v) is 12.1. The van der Waals surface area contributed by atoms with Gasteiger partial charge in [-0.2, -0.15) is 0 Å². The highest BCUT2D eigenvalue weighted by Gasteiger charge is 2.35. The molecule has 262 valence electrons. The van der Waals surface area contributed by atoms with E-state index in [0.717, 1.165) is 46.3 Å². The number of ether oxygens (including phenoxy) is 2. The zero-order chi connectivity index (χ0) is 35.8. The van der Waals surface area contributed by atoms with Crippen molar-refractivity contribution in [2.24, 2.45) is 4.99 Å². The van der Waals surface area contributed by atoms with Gasteiger partial charge in [0.25, 0.3) is 5.91 Å². The first kappa shape index (κ1) is 35.1. The predicted molar refractivity (Wildman–Crippen MR) is 222 cm³/mol. The van der Waals surface area contributed by atoms with Crippen LogP contribution < -0.4 is 19.7 Å². The van der Waals surface area contributed by atoms with Gasteiger partial charge < -0.3 is 19.7 Å². The number of nitrogens with zero attached hydrogens (tertiary/aromatic N) is 2. The zero-order valence-corrected chi connectivity index (χ0v) is 32.7. The van der Waals surface area contributed by atoms with Crippen molar-refractivity contribution in [3.8, 4) is 11.5 Å². The normalized spacial score (nSPS) is 19.5. The molecule has 2 atom stereocenters. The van der Waals surface area contributed by atoms with Crippen LogP contribution in [0.4, 0.5) is 11.4 Å². The first-order valence-electron chi connectivity index (χ1n) is 17.1. The summed E-state index contributed by atoms with van der Waals surface area (Å²) < 4.78 is 12.7. The van der Waals surface area contributed by atoms with Crippen molar-refractivity contribution in [3.05, 3.63) is 155 Å². The number of amides is 1. The fourth-order valence-corrected chi connectivity index (χ4v) is 9.49. The Morgan fingerprint density at radius 3 is 2.17 bits per heavy atom. The molecule has 1 N–H and O–H groups in total. The molecule has 8 rings (SSSR count). The monoisotopic (exact) mass is 857 g/mol. The van der Waals surface area contributed by atoms with Crippen molar-refractivity contribution in [1.29, 1.82) is 0 Å². The number of rotatable bonds is 8. The van der Waals surface area contributed by atoms with E-state index in [0.29, 0.717) is 31.6 Å². The lowest BCUT2D eigenvalue weighted by Crippen LogP contribution is -2.37. The van der Waals surface area contributed by atoms with Crippen LogP contribution in [0.2, 0.25) is 10.0 Å². The number of carbonyl (C=O) groups excluding carboxylic acids is 1. The van der Waals surface area contributed by atoms with Crippen molar-refractivity contribution in [1.82, 2.24) is 5.32 Å². The van der Waals surface area contributed by atoms with Gasteiger partial charge in [-0.1, -0.05) is 89.9 Å². The van der Waals surface area contributed by atoms with Crippen molar-refractivity contribution in [2.45, 2.75) is 31.3 Å². The predicted octanol–water partition coefficient (Wildman–Crippen LogP) is 11.0. The molecule has 5 aromatic rings. The van der Waals surface area contributed by atoms with Gasteiger partial charge in [0.05, 0.1) is 21.3 Å². The van der Waals surface area contributed by atoms with E-state index in [4.69, 9.17) is 37.7 Å². The Hall–Kier alpha value is -3.96. The highest BCUT2D eigenvalue weighted by atomic mass is 127. The van der Waals surface area contributed by atoms with E-state index >= 15 is 0 Å². The summed E-state index contributed by atoms with van der Waals surface area (Å²) in [4.78, 5) is 21.5. The van der Waals surface area contributed by atoms with E-state index in [9.17, 15) is 4.79 Å². The molecule has 3 heterocycles. The average molecular weight is 859 g/mol. The molecular formula is C42H34Cl2IN3O3S. The van der Waals surface area contributed by atoms with Gasteiger partial charge in [0, 0.05) is 46.2 Å². The Labute approximate surface area is 331 Å². The molecule has 0 radical (unpaired) electrons. The van der Waals surface area contributed by atoms with Crippen LogP contribution >= 0.6 is 57.6 Å². The van der Waals surface area contributed by atoms with Crippen molar-refractivity contribution in [2.75, 3.05) is 25.1 Å². The highest BCUT2D eigenvalue weighted by molar-refractivity contribution is 14.1. The summed E-state index contributed by atoms with van der Waals surface area (Å²) in [6.45, 7) is 2.31. The van der Waals surface area contributed by atoms with E-state index in [1.54, 1.807) is 19.2 Å². The number of carbonyl (C=O) groups is 1. The smallest absolute Gasteiger partial charge is 0.264 e.